The van der Waals surface area contributed by atoms with Crippen LogP contribution in [0.3, 0.4) is 0 Å². The lowest BCUT2D eigenvalue weighted by Crippen LogP contribution is -2.28. The van der Waals surface area contributed by atoms with Crippen LogP contribution in [0.4, 0.5) is 0 Å². The van der Waals surface area contributed by atoms with Crippen LogP contribution >= 0.6 is 0 Å². The first-order valence-corrected chi connectivity index (χ1v) is 6.95. The molecule has 0 aliphatic heterocycles. The fourth-order valence-corrected chi connectivity index (χ4v) is 2.28. The van der Waals surface area contributed by atoms with Crippen LogP contribution in [0.1, 0.15) is 22.0 Å². The van der Waals surface area contributed by atoms with E-state index in [0.717, 1.165) is 10.9 Å². The minimum absolute atomic E-state index is 0.143. The van der Waals surface area contributed by atoms with E-state index in [0.29, 0.717) is 11.1 Å². The molecule has 0 aliphatic rings. The Hall–Kier alpha value is -2.79. The number of carbonyl (C=O) groups excluding carboxylic acids is 1. The highest BCUT2D eigenvalue weighted by molar-refractivity contribution is 6.05. The van der Waals surface area contributed by atoms with Gasteiger partial charge < -0.3 is 10.4 Å². The molecule has 0 fully saturated rings. The molecule has 0 aliphatic carbocycles. The van der Waals surface area contributed by atoms with Crippen LogP contribution in [0.15, 0.2) is 61.1 Å². The molecule has 0 radical (unpaired) electrons. The van der Waals surface area contributed by atoms with Gasteiger partial charge in [-0.3, -0.25) is 4.79 Å². The number of aliphatic hydroxyl groups excluding tert-OH is 1. The first kappa shape index (κ1) is 14.2. The molecule has 1 heterocycles. The second-order valence-electron chi connectivity index (χ2n) is 4.90. The molecular weight excluding hydrogens is 278 g/mol. The Morgan fingerprint density at radius 2 is 1.95 bits per heavy atom. The molecule has 22 heavy (non-hydrogen) atoms. The topological polar surface area (TPSA) is 75.1 Å². The average molecular weight is 293 g/mol. The molecule has 1 amide bonds. The first-order chi connectivity index (χ1) is 10.8. The number of para-hydroxylation sites is 1. The van der Waals surface area contributed by atoms with Crippen molar-refractivity contribution in [3.8, 4) is 0 Å². The summed E-state index contributed by atoms with van der Waals surface area (Å²) in [6.07, 6.45) is 2.34. The Labute approximate surface area is 127 Å². The number of fused-ring (bicyclic) bond motifs is 1. The second-order valence-corrected chi connectivity index (χ2v) is 4.90. The molecule has 2 N–H and O–H groups in total. The van der Waals surface area contributed by atoms with Crippen molar-refractivity contribution in [1.82, 2.24) is 15.3 Å². The summed E-state index contributed by atoms with van der Waals surface area (Å²) in [4.78, 5) is 20.4. The summed E-state index contributed by atoms with van der Waals surface area (Å²) in [6.45, 7) is 0.143. The quantitative estimate of drug-likeness (QED) is 0.772. The number of aromatic nitrogens is 2. The van der Waals surface area contributed by atoms with Crippen molar-refractivity contribution in [2.24, 2.45) is 0 Å². The summed E-state index contributed by atoms with van der Waals surface area (Å²) < 4.78 is 0. The number of benzene rings is 2. The number of aliphatic hydroxyl groups is 1. The smallest absolute Gasteiger partial charge is 0.253 e. The van der Waals surface area contributed by atoms with Crippen molar-refractivity contribution in [1.29, 1.82) is 0 Å². The molecule has 2 aromatic carbocycles. The maximum absolute atomic E-state index is 12.3. The fraction of sp³-hybridized carbons (Fsp3) is 0.118. The standard InChI is InChI=1S/C17H15N3O2/c21-15(12-5-2-1-3-6-12)10-19-17(22)14-8-4-7-13-9-18-11-20-16(13)14/h1-9,11,15,21H,10H2,(H,19,22). The van der Waals surface area contributed by atoms with Crippen molar-refractivity contribution in [3.63, 3.8) is 0 Å². The van der Waals surface area contributed by atoms with Crippen LogP contribution < -0.4 is 5.32 Å². The number of carbonyl (C=O) groups is 1. The molecule has 1 aromatic heterocycles. The maximum atomic E-state index is 12.3. The number of amides is 1. The van der Waals surface area contributed by atoms with Crippen molar-refractivity contribution < 1.29 is 9.90 Å². The van der Waals surface area contributed by atoms with E-state index in [1.807, 2.05) is 36.4 Å². The Bertz CT molecular complexity index is 785. The van der Waals surface area contributed by atoms with Gasteiger partial charge in [-0.05, 0) is 11.6 Å². The summed E-state index contributed by atoms with van der Waals surface area (Å²) in [5.41, 5.74) is 1.84. The van der Waals surface area contributed by atoms with Crippen molar-refractivity contribution in [2.45, 2.75) is 6.10 Å². The van der Waals surface area contributed by atoms with E-state index in [-0.39, 0.29) is 12.5 Å². The zero-order chi connectivity index (χ0) is 15.4. The number of rotatable bonds is 4. The molecule has 5 heteroatoms. The lowest BCUT2D eigenvalue weighted by Gasteiger charge is -2.12. The maximum Gasteiger partial charge on any atom is 0.253 e. The Kier molecular flexibility index (Phi) is 4.07. The van der Waals surface area contributed by atoms with Crippen LogP contribution in [-0.4, -0.2) is 27.5 Å². The molecule has 1 atom stereocenters. The Morgan fingerprint density at radius 3 is 2.77 bits per heavy atom. The molecule has 3 rings (SSSR count). The van der Waals surface area contributed by atoms with E-state index in [9.17, 15) is 9.90 Å². The van der Waals surface area contributed by atoms with Gasteiger partial charge in [0, 0.05) is 18.1 Å². The van der Waals surface area contributed by atoms with Gasteiger partial charge in [0.05, 0.1) is 17.2 Å². The van der Waals surface area contributed by atoms with E-state index >= 15 is 0 Å². The third-order valence-corrected chi connectivity index (χ3v) is 3.42. The van der Waals surface area contributed by atoms with E-state index in [1.165, 1.54) is 6.33 Å². The number of nitrogens with zero attached hydrogens (tertiary/aromatic N) is 2. The zero-order valence-electron chi connectivity index (χ0n) is 11.8. The second kappa shape index (κ2) is 6.32. The molecular formula is C17H15N3O2. The van der Waals surface area contributed by atoms with Gasteiger partial charge in [-0.15, -0.1) is 0 Å². The van der Waals surface area contributed by atoms with E-state index in [4.69, 9.17) is 0 Å². The van der Waals surface area contributed by atoms with E-state index < -0.39 is 6.10 Å². The lowest BCUT2D eigenvalue weighted by atomic mass is 10.1. The van der Waals surface area contributed by atoms with Gasteiger partial charge in [-0.1, -0.05) is 42.5 Å². The summed E-state index contributed by atoms with van der Waals surface area (Å²) in [5, 5.41) is 13.6. The highest BCUT2D eigenvalue weighted by Crippen LogP contribution is 2.15. The SMILES string of the molecule is O=C(NCC(O)c1ccccc1)c1cccc2cncnc12. The highest BCUT2D eigenvalue weighted by Gasteiger charge is 2.13. The first-order valence-electron chi connectivity index (χ1n) is 6.95. The molecule has 110 valence electrons. The van der Waals surface area contributed by atoms with Crippen molar-refractivity contribution in [2.75, 3.05) is 6.54 Å². The predicted molar refractivity (Wildman–Crippen MR) is 83.3 cm³/mol. The summed E-state index contributed by atoms with van der Waals surface area (Å²) >= 11 is 0. The number of hydrogen-bond acceptors (Lipinski definition) is 4. The average Bonchev–Trinajstić information content (AvgIpc) is 2.59. The minimum atomic E-state index is -0.741. The third kappa shape index (κ3) is 2.94. The largest absolute Gasteiger partial charge is 0.387 e. The van der Waals surface area contributed by atoms with Crippen LogP contribution in [0, 0.1) is 0 Å². The van der Waals surface area contributed by atoms with Crippen molar-refractivity contribution >= 4 is 16.8 Å². The summed E-state index contributed by atoms with van der Waals surface area (Å²) in [5.74, 6) is -0.265. The van der Waals surface area contributed by atoms with Gasteiger partial charge >= 0.3 is 0 Å². The highest BCUT2D eigenvalue weighted by atomic mass is 16.3. The van der Waals surface area contributed by atoms with Gasteiger partial charge in [-0.2, -0.15) is 0 Å². The normalized spacial score (nSPS) is 12.0. The van der Waals surface area contributed by atoms with Crippen LogP contribution in [0.5, 0.6) is 0 Å². The Balaban J connectivity index is 1.74. The van der Waals surface area contributed by atoms with Crippen molar-refractivity contribution in [3.05, 3.63) is 72.2 Å². The van der Waals surface area contributed by atoms with Gasteiger partial charge in [0.1, 0.15) is 6.33 Å². The van der Waals surface area contributed by atoms with Gasteiger partial charge in [0.15, 0.2) is 0 Å². The third-order valence-electron chi connectivity index (χ3n) is 3.42. The Morgan fingerprint density at radius 1 is 1.14 bits per heavy atom. The molecule has 3 aromatic rings. The summed E-state index contributed by atoms with van der Waals surface area (Å²) in [6, 6.07) is 14.6. The number of hydrogen-bond donors (Lipinski definition) is 2. The fourth-order valence-electron chi connectivity index (χ4n) is 2.28. The van der Waals surface area contributed by atoms with Crippen LogP contribution in [-0.2, 0) is 0 Å². The van der Waals surface area contributed by atoms with Crippen LogP contribution in [0.25, 0.3) is 10.9 Å². The van der Waals surface area contributed by atoms with Crippen LogP contribution in [0.2, 0.25) is 0 Å². The predicted octanol–water partition coefficient (Wildman–Crippen LogP) is 2.09. The van der Waals surface area contributed by atoms with Gasteiger partial charge in [-0.25, -0.2) is 9.97 Å². The summed E-state index contributed by atoms with van der Waals surface area (Å²) in [7, 11) is 0. The molecule has 0 spiro atoms. The molecule has 5 nitrogen and oxygen atoms in total. The monoisotopic (exact) mass is 293 g/mol. The minimum Gasteiger partial charge on any atom is -0.387 e. The lowest BCUT2D eigenvalue weighted by molar-refractivity contribution is 0.0918. The van der Waals surface area contributed by atoms with E-state index in [1.54, 1.807) is 18.3 Å². The molecule has 1 unspecified atom stereocenters. The van der Waals surface area contributed by atoms with E-state index in [2.05, 4.69) is 15.3 Å². The molecule has 0 bridgehead atoms. The zero-order valence-corrected chi connectivity index (χ0v) is 11.8. The molecule has 0 saturated heterocycles. The van der Waals surface area contributed by atoms with Gasteiger partial charge in [0.2, 0.25) is 0 Å². The van der Waals surface area contributed by atoms with Gasteiger partial charge in [0.25, 0.3) is 5.91 Å². The molecule has 0 saturated carbocycles. The number of nitrogens with one attached hydrogen (secondary N) is 1.